The number of benzene rings is 6. The minimum atomic E-state index is -4.89. The Bertz CT molecular complexity index is 2480. The van der Waals surface area contributed by atoms with E-state index >= 15 is 0 Å². The standard InChI is InChI=1S/C34H26N4O9S2.2Na/c1-46-29-15-19(11-13-25(29)35-37-27-17-31(48(41)42)21-7-3-5-9-23(21)33(27)39)20-12-14-26(30(16-20)47-2)36-38-28-18-32(49(43,44)45)22-8-4-6-10-24(22)34(28)40;;/h3-18,39-40H,1-2H3,(H,41,42)(H,43,44,45);;/q;2*+1/p-2. The summed E-state index contributed by atoms with van der Waals surface area (Å²) in [6.07, 6.45) is 0. The number of phenolic OH excluding ortho intramolecular Hbond substituents is 2. The van der Waals surface area contributed by atoms with Crippen LogP contribution in [0.5, 0.6) is 23.0 Å². The van der Waals surface area contributed by atoms with Crippen molar-refractivity contribution in [2.75, 3.05) is 14.2 Å². The van der Waals surface area contributed by atoms with Crippen molar-refractivity contribution >= 4 is 65.5 Å². The van der Waals surface area contributed by atoms with Gasteiger partial charge in [0, 0.05) is 26.4 Å². The van der Waals surface area contributed by atoms with Gasteiger partial charge in [0.1, 0.15) is 44.4 Å². The van der Waals surface area contributed by atoms with Crippen LogP contribution >= 0.6 is 0 Å². The number of hydrogen-bond acceptors (Lipinski definition) is 13. The number of fused-ring (bicyclic) bond motifs is 2. The Labute approximate surface area is 338 Å². The first-order valence-electron chi connectivity index (χ1n) is 14.2. The fraction of sp³-hybridized carbons (Fsp3) is 0.0588. The van der Waals surface area contributed by atoms with E-state index in [0.29, 0.717) is 39.1 Å². The van der Waals surface area contributed by atoms with Crippen LogP contribution < -0.4 is 68.6 Å². The van der Waals surface area contributed by atoms with Gasteiger partial charge in [-0.05, 0) is 58.6 Å². The molecule has 0 fully saturated rings. The zero-order valence-corrected chi connectivity index (χ0v) is 33.2. The molecule has 0 radical (unpaired) electrons. The van der Waals surface area contributed by atoms with Crippen molar-refractivity contribution in [3.8, 4) is 34.1 Å². The summed E-state index contributed by atoms with van der Waals surface area (Å²) in [4.78, 5) is -0.567. The monoisotopic (exact) mass is 742 g/mol. The van der Waals surface area contributed by atoms with Gasteiger partial charge in [-0.3, -0.25) is 4.21 Å². The molecule has 0 aliphatic heterocycles. The number of nitrogens with zero attached hydrogens (tertiary/aromatic N) is 4. The number of ether oxygens (including phenoxy) is 2. The number of aromatic hydroxyl groups is 2. The number of hydrogen-bond donors (Lipinski definition) is 2. The summed E-state index contributed by atoms with van der Waals surface area (Å²) < 4.78 is 70.6. The molecule has 0 aliphatic rings. The molecule has 0 aromatic heterocycles. The minimum Gasteiger partial charge on any atom is -0.768 e. The summed E-state index contributed by atoms with van der Waals surface area (Å²) >= 11 is -2.58. The van der Waals surface area contributed by atoms with Crippen molar-refractivity contribution in [2.45, 2.75) is 9.79 Å². The van der Waals surface area contributed by atoms with Gasteiger partial charge in [-0.2, -0.15) is 0 Å². The number of phenols is 2. The Morgan fingerprint density at radius 2 is 1.02 bits per heavy atom. The average molecular weight is 743 g/mol. The molecule has 0 heterocycles. The van der Waals surface area contributed by atoms with Crippen LogP contribution in [0.4, 0.5) is 22.7 Å². The fourth-order valence-electron chi connectivity index (χ4n) is 5.22. The molecule has 0 aliphatic carbocycles. The van der Waals surface area contributed by atoms with Gasteiger partial charge >= 0.3 is 59.1 Å². The summed E-state index contributed by atoms with van der Waals surface area (Å²) in [5, 5.41) is 38.9. The van der Waals surface area contributed by atoms with Gasteiger partial charge in [0.25, 0.3) is 0 Å². The normalized spacial score (nSPS) is 12.2. The van der Waals surface area contributed by atoms with Gasteiger partial charge in [-0.15, -0.1) is 20.5 Å². The smallest absolute Gasteiger partial charge is 0.768 e. The first-order valence-corrected chi connectivity index (χ1v) is 16.7. The molecule has 51 heavy (non-hydrogen) atoms. The largest absolute Gasteiger partial charge is 1.00 e. The maximum absolute atomic E-state index is 11.9. The topological polar surface area (TPSA) is 206 Å². The van der Waals surface area contributed by atoms with Crippen LogP contribution in [0.25, 0.3) is 32.7 Å². The Morgan fingerprint density at radius 1 is 0.608 bits per heavy atom. The van der Waals surface area contributed by atoms with Crippen LogP contribution in [-0.4, -0.2) is 46.2 Å². The van der Waals surface area contributed by atoms with Crippen molar-refractivity contribution in [1.82, 2.24) is 0 Å². The molecule has 13 nitrogen and oxygen atoms in total. The van der Waals surface area contributed by atoms with Crippen LogP contribution in [0.1, 0.15) is 0 Å². The van der Waals surface area contributed by atoms with E-state index in [1.165, 1.54) is 32.4 Å². The molecule has 0 bridgehead atoms. The van der Waals surface area contributed by atoms with Gasteiger partial charge in [0.15, 0.2) is 11.5 Å². The Morgan fingerprint density at radius 3 is 1.47 bits per heavy atom. The third kappa shape index (κ3) is 8.34. The molecule has 17 heteroatoms. The molecule has 6 rings (SSSR count). The van der Waals surface area contributed by atoms with Crippen LogP contribution in [0.15, 0.2) is 127 Å². The molecule has 0 amide bonds. The van der Waals surface area contributed by atoms with Crippen LogP contribution in [0.3, 0.4) is 0 Å². The van der Waals surface area contributed by atoms with E-state index in [1.807, 2.05) is 0 Å². The number of methoxy groups -OCH3 is 2. The van der Waals surface area contributed by atoms with Gasteiger partial charge in [-0.1, -0.05) is 60.7 Å². The van der Waals surface area contributed by atoms with Crippen molar-refractivity contribution in [1.29, 1.82) is 0 Å². The van der Waals surface area contributed by atoms with E-state index in [0.717, 1.165) is 6.07 Å². The van der Waals surface area contributed by atoms with E-state index in [2.05, 4.69) is 20.5 Å². The average Bonchev–Trinajstić information content (AvgIpc) is 3.10. The van der Waals surface area contributed by atoms with Crippen molar-refractivity contribution in [3.63, 3.8) is 0 Å². The van der Waals surface area contributed by atoms with Crippen LogP contribution in [-0.2, 0) is 21.2 Å². The summed E-state index contributed by atoms with van der Waals surface area (Å²) in [5.41, 5.74) is 1.66. The van der Waals surface area contributed by atoms with Gasteiger partial charge in [-0.25, -0.2) is 8.42 Å². The predicted molar refractivity (Wildman–Crippen MR) is 180 cm³/mol. The molecule has 6 aromatic rings. The second-order valence-electron chi connectivity index (χ2n) is 10.4. The van der Waals surface area contributed by atoms with Gasteiger partial charge in [0.2, 0.25) is 0 Å². The first kappa shape index (κ1) is 40.0. The number of rotatable bonds is 9. The second kappa shape index (κ2) is 16.7. The molecule has 1 atom stereocenters. The first-order chi connectivity index (χ1) is 23.5. The maximum atomic E-state index is 11.9. The summed E-state index contributed by atoms with van der Waals surface area (Å²) in [6, 6.07) is 24.8. The molecule has 1 unspecified atom stereocenters. The molecular weight excluding hydrogens is 719 g/mol. The predicted octanol–water partition coefficient (Wildman–Crippen LogP) is 2.07. The molecule has 0 saturated carbocycles. The third-order valence-electron chi connectivity index (χ3n) is 7.59. The second-order valence-corrected chi connectivity index (χ2v) is 12.7. The molecule has 248 valence electrons. The SMILES string of the molecule is COc1cc(-c2ccc(N=Nc3cc(S(=O)(=O)[O-])c4ccccc4c3O)c(OC)c2)ccc1N=Nc1cc(S(=O)[O-])c2ccccc2c1O.[Na+].[Na+]. The van der Waals surface area contributed by atoms with Gasteiger partial charge < -0.3 is 28.8 Å². The summed E-state index contributed by atoms with van der Waals surface area (Å²) in [6.45, 7) is 0. The Kier molecular flexibility index (Phi) is 13.1. The van der Waals surface area contributed by atoms with Crippen molar-refractivity contribution in [2.24, 2.45) is 20.5 Å². The van der Waals surface area contributed by atoms with Gasteiger partial charge in [0.05, 0.1) is 19.1 Å². The molecular formula is C34H24N4Na2O9S2. The molecule has 0 spiro atoms. The molecule has 0 saturated heterocycles. The number of azo groups is 2. The maximum Gasteiger partial charge on any atom is 1.00 e. The van der Waals surface area contributed by atoms with Crippen LogP contribution in [0.2, 0.25) is 0 Å². The van der Waals surface area contributed by atoms with Crippen molar-refractivity contribution < 1.29 is 101 Å². The van der Waals surface area contributed by atoms with E-state index in [1.54, 1.807) is 72.8 Å². The zero-order valence-electron chi connectivity index (χ0n) is 27.6. The minimum absolute atomic E-state index is 0. The third-order valence-corrected chi connectivity index (χ3v) is 9.16. The quantitative estimate of drug-likeness (QED) is 0.0962. The van der Waals surface area contributed by atoms with Crippen molar-refractivity contribution in [3.05, 3.63) is 97.1 Å². The molecule has 2 N–H and O–H groups in total. The summed E-state index contributed by atoms with van der Waals surface area (Å²) in [5.74, 6) is 0.0514. The van der Waals surface area contributed by atoms with E-state index in [9.17, 15) is 31.9 Å². The summed E-state index contributed by atoms with van der Waals surface area (Å²) in [7, 11) is -2.02. The molecule has 6 aromatic carbocycles. The zero-order chi connectivity index (χ0) is 34.9. The Balaban J connectivity index is 0.00000292. The van der Waals surface area contributed by atoms with Crippen LogP contribution in [0, 0.1) is 0 Å². The van der Waals surface area contributed by atoms with E-state index in [-0.39, 0.29) is 103 Å². The Hall–Kier alpha value is -3.74. The van der Waals surface area contributed by atoms with E-state index < -0.39 is 26.1 Å². The van der Waals surface area contributed by atoms with E-state index in [4.69, 9.17) is 9.47 Å². The fourth-order valence-corrected chi connectivity index (χ4v) is 6.49.